The summed E-state index contributed by atoms with van der Waals surface area (Å²) in [4.78, 5) is 10.9. The number of nitrogens with two attached hydrogens (primary N) is 1. The van der Waals surface area contributed by atoms with Gasteiger partial charge in [-0.05, 0) is 17.7 Å². The number of benzene rings is 1. The van der Waals surface area contributed by atoms with Gasteiger partial charge in [0.2, 0.25) is 5.91 Å². The van der Waals surface area contributed by atoms with Gasteiger partial charge in [-0.15, -0.1) is 0 Å². The Morgan fingerprint density at radius 1 is 1.21 bits per heavy atom. The van der Waals surface area contributed by atoms with Crippen molar-refractivity contribution in [1.29, 1.82) is 0 Å². The molecule has 2 rings (SSSR count). The zero-order chi connectivity index (χ0) is 9.97. The largest absolute Gasteiger partial charge is 0.366 e. The third kappa shape index (κ3) is 1.52. The number of amides is 1. The van der Waals surface area contributed by atoms with Crippen molar-refractivity contribution in [2.45, 2.75) is 0 Å². The van der Waals surface area contributed by atoms with E-state index in [0.717, 1.165) is 11.3 Å². The van der Waals surface area contributed by atoms with Gasteiger partial charge in [-0.2, -0.15) is 0 Å². The van der Waals surface area contributed by atoms with Crippen LogP contribution in [0.1, 0.15) is 5.56 Å². The van der Waals surface area contributed by atoms with E-state index in [1.807, 2.05) is 30.3 Å². The molecule has 1 aromatic rings. The zero-order valence-corrected chi connectivity index (χ0v) is 7.53. The molecule has 0 aromatic heterocycles. The molecule has 0 saturated carbocycles. The Labute approximate surface area is 81.9 Å². The van der Waals surface area contributed by atoms with Gasteiger partial charge in [0.1, 0.15) is 0 Å². The molecule has 1 aliphatic rings. The lowest BCUT2D eigenvalue weighted by Gasteiger charge is -2.02. The molecule has 0 fully saturated rings. The molecular formula is C11H10N2O. The van der Waals surface area contributed by atoms with E-state index in [9.17, 15) is 4.79 Å². The van der Waals surface area contributed by atoms with Crippen LogP contribution in [0.15, 0.2) is 42.1 Å². The molecule has 0 bridgehead atoms. The Hall–Kier alpha value is -2.03. The lowest BCUT2D eigenvalue weighted by molar-refractivity contribution is -0.114. The molecule has 0 radical (unpaired) electrons. The molecule has 0 spiro atoms. The highest BCUT2D eigenvalue weighted by atomic mass is 16.1. The number of para-hydroxylation sites is 1. The standard InChI is InChI=1S/C11H10N2O/c12-11(14)9-6-5-8-3-1-2-4-10(8)13-7-9/h1-7,13H,(H2,12,14). The molecule has 0 saturated heterocycles. The molecule has 14 heavy (non-hydrogen) atoms. The van der Waals surface area contributed by atoms with Crippen molar-refractivity contribution >= 4 is 17.7 Å². The van der Waals surface area contributed by atoms with Crippen LogP contribution in [0.25, 0.3) is 6.08 Å². The molecule has 0 unspecified atom stereocenters. The summed E-state index contributed by atoms with van der Waals surface area (Å²) in [5, 5.41) is 3.03. The summed E-state index contributed by atoms with van der Waals surface area (Å²) in [7, 11) is 0. The number of hydrogen-bond donors (Lipinski definition) is 2. The van der Waals surface area contributed by atoms with Gasteiger partial charge < -0.3 is 11.1 Å². The van der Waals surface area contributed by atoms with E-state index in [2.05, 4.69) is 5.32 Å². The van der Waals surface area contributed by atoms with Crippen molar-refractivity contribution in [3.63, 3.8) is 0 Å². The molecule has 3 N–H and O–H groups in total. The highest BCUT2D eigenvalue weighted by Gasteiger charge is 2.05. The highest BCUT2D eigenvalue weighted by molar-refractivity contribution is 5.97. The van der Waals surface area contributed by atoms with Gasteiger partial charge in [0.15, 0.2) is 0 Å². The Balaban J connectivity index is 2.41. The third-order valence-electron chi connectivity index (χ3n) is 2.07. The van der Waals surface area contributed by atoms with Crippen molar-refractivity contribution in [2.75, 3.05) is 5.32 Å². The Kier molecular flexibility index (Phi) is 2.07. The number of carbonyl (C=O) groups excluding carboxylic acids is 1. The van der Waals surface area contributed by atoms with Gasteiger partial charge in [0.05, 0.1) is 5.57 Å². The van der Waals surface area contributed by atoms with Gasteiger partial charge in [-0.1, -0.05) is 24.3 Å². The van der Waals surface area contributed by atoms with E-state index in [1.54, 1.807) is 12.3 Å². The summed E-state index contributed by atoms with van der Waals surface area (Å²) in [6.45, 7) is 0. The van der Waals surface area contributed by atoms with Gasteiger partial charge in [-0.25, -0.2) is 0 Å². The van der Waals surface area contributed by atoms with Crippen LogP contribution in [0.3, 0.4) is 0 Å². The maximum Gasteiger partial charge on any atom is 0.250 e. The van der Waals surface area contributed by atoms with E-state index in [-0.39, 0.29) is 0 Å². The Bertz CT molecular complexity index is 433. The molecule has 1 aromatic carbocycles. The van der Waals surface area contributed by atoms with Crippen molar-refractivity contribution in [3.8, 4) is 0 Å². The summed E-state index contributed by atoms with van der Waals surface area (Å²) in [5.41, 5.74) is 7.66. The summed E-state index contributed by atoms with van der Waals surface area (Å²) >= 11 is 0. The predicted octanol–water partition coefficient (Wildman–Crippen LogP) is 1.49. The highest BCUT2D eigenvalue weighted by Crippen LogP contribution is 2.20. The predicted molar refractivity (Wildman–Crippen MR) is 56.4 cm³/mol. The van der Waals surface area contributed by atoms with E-state index >= 15 is 0 Å². The summed E-state index contributed by atoms with van der Waals surface area (Å²) < 4.78 is 0. The number of hydrogen-bond acceptors (Lipinski definition) is 2. The van der Waals surface area contributed by atoms with Gasteiger partial charge >= 0.3 is 0 Å². The first-order chi connectivity index (χ1) is 6.77. The fraction of sp³-hybridized carbons (Fsp3) is 0. The van der Waals surface area contributed by atoms with Crippen LogP contribution in [0.2, 0.25) is 0 Å². The number of anilines is 1. The lowest BCUT2D eigenvalue weighted by atomic mass is 10.1. The second-order valence-corrected chi connectivity index (χ2v) is 3.03. The van der Waals surface area contributed by atoms with Crippen molar-refractivity contribution < 1.29 is 4.79 Å². The van der Waals surface area contributed by atoms with E-state index in [0.29, 0.717) is 5.57 Å². The van der Waals surface area contributed by atoms with Crippen molar-refractivity contribution in [1.82, 2.24) is 0 Å². The lowest BCUT2D eigenvalue weighted by Crippen LogP contribution is -2.13. The first-order valence-corrected chi connectivity index (χ1v) is 4.31. The molecular weight excluding hydrogens is 176 g/mol. The van der Waals surface area contributed by atoms with E-state index < -0.39 is 5.91 Å². The average molecular weight is 186 g/mol. The first kappa shape index (κ1) is 8.56. The SMILES string of the molecule is NC(=O)C1=CNc2ccccc2C=C1. The van der Waals surface area contributed by atoms with Crippen molar-refractivity contribution in [3.05, 3.63) is 47.7 Å². The fourth-order valence-electron chi connectivity index (χ4n) is 1.31. The monoisotopic (exact) mass is 186 g/mol. The van der Waals surface area contributed by atoms with Crippen LogP contribution in [0, 0.1) is 0 Å². The minimum atomic E-state index is -0.429. The topological polar surface area (TPSA) is 55.1 Å². The third-order valence-corrected chi connectivity index (χ3v) is 2.07. The number of fused-ring (bicyclic) bond motifs is 1. The summed E-state index contributed by atoms with van der Waals surface area (Å²) in [6.07, 6.45) is 5.19. The van der Waals surface area contributed by atoms with Gasteiger partial charge in [0, 0.05) is 11.9 Å². The Morgan fingerprint density at radius 3 is 2.79 bits per heavy atom. The maximum atomic E-state index is 10.9. The van der Waals surface area contributed by atoms with Gasteiger partial charge in [0.25, 0.3) is 0 Å². The second-order valence-electron chi connectivity index (χ2n) is 3.03. The second kappa shape index (κ2) is 3.38. The number of carbonyl (C=O) groups is 1. The molecule has 0 aliphatic carbocycles. The van der Waals surface area contributed by atoms with Crippen LogP contribution < -0.4 is 11.1 Å². The fourth-order valence-corrected chi connectivity index (χ4v) is 1.31. The molecule has 3 heteroatoms. The van der Waals surface area contributed by atoms with Crippen LogP contribution in [0.5, 0.6) is 0 Å². The summed E-state index contributed by atoms with van der Waals surface area (Å²) in [5.74, 6) is -0.429. The Morgan fingerprint density at radius 2 is 2.00 bits per heavy atom. The zero-order valence-electron chi connectivity index (χ0n) is 7.53. The van der Waals surface area contributed by atoms with Crippen LogP contribution in [-0.2, 0) is 4.79 Å². The average Bonchev–Trinajstić information content (AvgIpc) is 2.39. The number of rotatable bonds is 1. The van der Waals surface area contributed by atoms with Crippen molar-refractivity contribution in [2.24, 2.45) is 5.73 Å². The molecule has 1 amide bonds. The smallest absolute Gasteiger partial charge is 0.250 e. The maximum absolute atomic E-state index is 10.9. The van der Waals surface area contributed by atoms with Crippen LogP contribution >= 0.6 is 0 Å². The first-order valence-electron chi connectivity index (χ1n) is 4.31. The summed E-state index contributed by atoms with van der Waals surface area (Å²) in [6, 6.07) is 7.79. The minimum Gasteiger partial charge on any atom is -0.366 e. The van der Waals surface area contributed by atoms with Gasteiger partial charge in [-0.3, -0.25) is 4.79 Å². The van der Waals surface area contributed by atoms with Crippen LogP contribution in [0.4, 0.5) is 5.69 Å². The number of nitrogens with one attached hydrogen (secondary N) is 1. The molecule has 0 atom stereocenters. The van der Waals surface area contributed by atoms with E-state index in [4.69, 9.17) is 5.73 Å². The number of primary amides is 1. The minimum absolute atomic E-state index is 0.429. The molecule has 3 nitrogen and oxygen atoms in total. The van der Waals surface area contributed by atoms with E-state index in [1.165, 1.54) is 0 Å². The molecule has 1 heterocycles. The molecule has 1 aliphatic heterocycles. The molecule has 70 valence electrons. The quantitative estimate of drug-likeness (QED) is 0.698. The normalized spacial score (nSPS) is 13.6. The van der Waals surface area contributed by atoms with Crippen LogP contribution in [-0.4, -0.2) is 5.91 Å².